The van der Waals surface area contributed by atoms with Gasteiger partial charge in [0.25, 0.3) is 0 Å². The lowest BCUT2D eigenvalue weighted by Gasteiger charge is -2.09. The summed E-state index contributed by atoms with van der Waals surface area (Å²) < 4.78 is 0. The fourth-order valence-corrected chi connectivity index (χ4v) is 2.77. The van der Waals surface area contributed by atoms with Crippen LogP contribution in [0.2, 0.25) is 5.02 Å². The van der Waals surface area contributed by atoms with Crippen molar-refractivity contribution in [3.63, 3.8) is 0 Å². The molecule has 0 radical (unpaired) electrons. The molecule has 0 heterocycles. The topological polar surface area (TPSA) is 74.6 Å². The molecule has 0 amide bonds. The highest BCUT2D eigenvalue weighted by molar-refractivity contribution is 7.99. The molecule has 4 nitrogen and oxygen atoms in total. The zero-order chi connectivity index (χ0) is 14.7. The Bertz CT molecular complexity index is 635. The molecular formula is C14H9ClO4S. The molecule has 2 N–H and O–H groups in total. The molecule has 0 aromatic heterocycles. The second-order valence-corrected chi connectivity index (χ2v) is 5.37. The Hall–Kier alpha value is -1.98. The summed E-state index contributed by atoms with van der Waals surface area (Å²) in [4.78, 5) is 23.3. The molecule has 0 unspecified atom stereocenters. The van der Waals surface area contributed by atoms with Gasteiger partial charge in [0.2, 0.25) is 0 Å². The number of hydrogen-bond acceptors (Lipinski definition) is 3. The van der Waals surface area contributed by atoms with Crippen LogP contribution in [0.3, 0.4) is 0 Å². The molecule has 0 saturated heterocycles. The molecule has 20 heavy (non-hydrogen) atoms. The highest BCUT2D eigenvalue weighted by Gasteiger charge is 2.19. The highest BCUT2D eigenvalue weighted by Crippen LogP contribution is 2.34. The van der Waals surface area contributed by atoms with Gasteiger partial charge in [-0.25, -0.2) is 9.59 Å². The molecule has 2 aromatic carbocycles. The van der Waals surface area contributed by atoms with Gasteiger partial charge in [-0.05, 0) is 36.4 Å². The summed E-state index contributed by atoms with van der Waals surface area (Å²) >= 11 is 6.87. The quantitative estimate of drug-likeness (QED) is 0.896. The summed E-state index contributed by atoms with van der Waals surface area (Å²) in [7, 11) is 0. The number of rotatable bonds is 4. The van der Waals surface area contributed by atoms with E-state index in [0.29, 0.717) is 9.92 Å². The van der Waals surface area contributed by atoms with Crippen molar-refractivity contribution in [1.29, 1.82) is 0 Å². The third-order valence-electron chi connectivity index (χ3n) is 2.51. The van der Waals surface area contributed by atoms with Gasteiger partial charge in [0.05, 0.1) is 11.1 Å². The van der Waals surface area contributed by atoms with Gasteiger partial charge in [-0.1, -0.05) is 29.4 Å². The van der Waals surface area contributed by atoms with Crippen LogP contribution >= 0.6 is 23.4 Å². The van der Waals surface area contributed by atoms with E-state index >= 15 is 0 Å². The van der Waals surface area contributed by atoms with Crippen LogP contribution < -0.4 is 0 Å². The van der Waals surface area contributed by atoms with Crippen molar-refractivity contribution in [1.82, 2.24) is 0 Å². The molecule has 0 aliphatic rings. The summed E-state index contributed by atoms with van der Waals surface area (Å²) in [5.74, 6) is -2.32. The van der Waals surface area contributed by atoms with E-state index < -0.39 is 11.9 Å². The lowest BCUT2D eigenvalue weighted by atomic mass is 10.1. The largest absolute Gasteiger partial charge is 0.478 e. The van der Waals surface area contributed by atoms with E-state index in [0.717, 1.165) is 11.8 Å². The summed E-state index contributed by atoms with van der Waals surface area (Å²) in [5, 5.41) is 18.9. The number of aromatic carboxylic acids is 2. The Morgan fingerprint density at radius 2 is 1.40 bits per heavy atom. The van der Waals surface area contributed by atoms with Crippen LogP contribution in [0.4, 0.5) is 0 Å². The van der Waals surface area contributed by atoms with Crippen molar-refractivity contribution in [2.75, 3.05) is 0 Å². The maximum Gasteiger partial charge on any atom is 0.336 e. The smallest absolute Gasteiger partial charge is 0.336 e. The molecule has 0 aliphatic heterocycles. The first-order valence-electron chi connectivity index (χ1n) is 5.52. The zero-order valence-electron chi connectivity index (χ0n) is 10.0. The van der Waals surface area contributed by atoms with Crippen molar-refractivity contribution in [2.45, 2.75) is 9.79 Å². The summed E-state index contributed by atoms with van der Waals surface area (Å²) in [5.41, 5.74) is -0.0744. The van der Waals surface area contributed by atoms with Crippen LogP contribution in [-0.4, -0.2) is 22.2 Å². The van der Waals surface area contributed by atoms with Gasteiger partial charge >= 0.3 is 11.9 Å². The van der Waals surface area contributed by atoms with E-state index in [1.54, 1.807) is 24.3 Å². The third-order valence-corrected chi connectivity index (χ3v) is 3.91. The lowest BCUT2D eigenvalue weighted by Crippen LogP contribution is -2.05. The Morgan fingerprint density at radius 1 is 0.900 bits per heavy atom. The first-order chi connectivity index (χ1) is 9.49. The van der Waals surface area contributed by atoms with Crippen molar-refractivity contribution in [3.05, 3.63) is 58.6 Å². The number of carboxylic acid groups (broad SMARTS) is 2. The zero-order valence-corrected chi connectivity index (χ0v) is 11.6. The predicted octanol–water partition coefficient (Wildman–Crippen LogP) is 3.89. The Morgan fingerprint density at radius 3 is 1.85 bits per heavy atom. The molecule has 0 bridgehead atoms. The second-order valence-electron chi connectivity index (χ2n) is 3.85. The summed E-state index contributed by atoms with van der Waals surface area (Å²) in [6.07, 6.45) is 0. The molecule has 0 atom stereocenters. The van der Waals surface area contributed by atoms with Gasteiger partial charge in [0, 0.05) is 14.8 Å². The maximum atomic E-state index is 11.2. The maximum absolute atomic E-state index is 11.2. The molecule has 0 spiro atoms. The molecule has 0 saturated carbocycles. The van der Waals surface area contributed by atoms with Crippen LogP contribution in [0.25, 0.3) is 0 Å². The Balaban J connectivity index is 2.50. The van der Waals surface area contributed by atoms with Crippen LogP contribution in [0, 0.1) is 0 Å². The highest BCUT2D eigenvalue weighted by atomic mass is 35.5. The third kappa shape index (κ3) is 3.12. The Labute approximate surface area is 124 Å². The average Bonchev–Trinajstić information content (AvgIpc) is 2.41. The number of benzene rings is 2. The number of carbonyl (C=O) groups is 2. The van der Waals surface area contributed by atoms with Gasteiger partial charge in [0.15, 0.2) is 0 Å². The molecule has 102 valence electrons. The van der Waals surface area contributed by atoms with Crippen LogP contribution in [0.15, 0.2) is 52.3 Å². The normalized spacial score (nSPS) is 10.2. The fraction of sp³-hybridized carbons (Fsp3) is 0. The minimum Gasteiger partial charge on any atom is -0.478 e. The second kappa shape index (κ2) is 5.98. The van der Waals surface area contributed by atoms with Crippen LogP contribution in [-0.2, 0) is 0 Å². The van der Waals surface area contributed by atoms with Crippen LogP contribution in [0.1, 0.15) is 20.7 Å². The number of halogens is 1. The summed E-state index contributed by atoms with van der Waals surface area (Å²) in [6.45, 7) is 0. The van der Waals surface area contributed by atoms with E-state index in [4.69, 9.17) is 21.8 Å². The van der Waals surface area contributed by atoms with Crippen LogP contribution in [0.5, 0.6) is 0 Å². The first-order valence-corrected chi connectivity index (χ1v) is 6.71. The predicted molar refractivity (Wildman–Crippen MR) is 75.9 cm³/mol. The fourth-order valence-electron chi connectivity index (χ4n) is 1.60. The SMILES string of the molecule is O=C(O)c1cccc(C(=O)O)c1Sc1ccc(Cl)cc1. The van der Waals surface area contributed by atoms with Gasteiger partial charge in [-0.2, -0.15) is 0 Å². The lowest BCUT2D eigenvalue weighted by molar-refractivity contribution is 0.0690. The van der Waals surface area contributed by atoms with Gasteiger partial charge in [-0.3, -0.25) is 0 Å². The van der Waals surface area contributed by atoms with Crippen molar-refractivity contribution in [2.24, 2.45) is 0 Å². The minimum atomic E-state index is -1.16. The van der Waals surface area contributed by atoms with Crippen molar-refractivity contribution < 1.29 is 19.8 Å². The van der Waals surface area contributed by atoms with E-state index in [-0.39, 0.29) is 16.0 Å². The standard InChI is InChI=1S/C14H9ClO4S/c15-8-4-6-9(7-5-8)20-12-10(13(16)17)2-1-3-11(12)14(18)19/h1-7H,(H,16,17)(H,18,19). The molecule has 0 fully saturated rings. The van der Waals surface area contributed by atoms with E-state index in [1.165, 1.54) is 18.2 Å². The minimum absolute atomic E-state index is 0.0372. The number of carboxylic acids is 2. The molecular weight excluding hydrogens is 300 g/mol. The number of hydrogen-bond donors (Lipinski definition) is 2. The van der Waals surface area contributed by atoms with E-state index in [2.05, 4.69) is 0 Å². The van der Waals surface area contributed by atoms with Gasteiger partial charge < -0.3 is 10.2 Å². The first kappa shape index (κ1) is 14.4. The summed E-state index contributed by atoms with van der Waals surface area (Å²) in [6, 6.07) is 10.9. The molecule has 2 aromatic rings. The van der Waals surface area contributed by atoms with Crippen molar-refractivity contribution >= 4 is 35.3 Å². The van der Waals surface area contributed by atoms with Crippen molar-refractivity contribution in [3.8, 4) is 0 Å². The molecule has 0 aliphatic carbocycles. The van der Waals surface area contributed by atoms with Gasteiger partial charge in [-0.15, -0.1) is 0 Å². The molecule has 2 rings (SSSR count). The van der Waals surface area contributed by atoms with E-state index in [1.807, 2.05) is 0 Å². The Kier molecular flexibility index (Phi) is 4.32. The molecule has 6 heteroatoms. The monoisotopic (exact) mass is 308 g/mol. The average molecular weight is 309 g/mol. The van der Waals surface area contributed by atoms with Gasteiger partial charge in [0.1, 0.15) is 0 Å². The van der Waals surface area contributed by atoms with E-state index in [9.17, 15) is 9.59 Å².